The average Bonchev–Trinajstić information content (AvgIpc) is 3.31. The van der Waals surface area contributed by atoms with E-state index in [1.54, 1.807) is 45.2 Å². The van der Waals surface area contributed by atoms with E-state index < -0.39 is 23.6 Å². The van der Waals surface area contributed by atoms with Crippen LogP contribution in [0.3, 0.4) is 0 Å². The van der Waals surface area contributed by atoms with E-state index in [2.05, 4.69) is 11.9 Å². The first-order valence-corrected chi connectivity index (χ1v) is 10.6. The van der Waals surface area contributed by atoms with Crippen molar-refractivity contribution in [2.45, 2.75) is 71.3 Å². The maximum Gasteiger partial charge on any atom is 0.419 e. The first kappa shape index (κ1) is 22.7. The first-order valence-electron chi connectivity index (χ1n) is 10.6. The molecule has 1 N–H and O–H groups in total. The topological polar surface area (TPSA) is 99.9 Å². The van der Waals surface area contributed by atoms with Gasteiger partial charge in [-0.25, -0.2) is 14.3 Å². The van der Waals surface area contributed by atoms with Crippen molar-refractivity contribution in [1.29, 1.82) is 0 Å². The highest BCUT2D eigenvalue weighted by molar-refractivity contribution is 5.77. The molecule has 8 heteroatoms. The van der Waals surface area contributed by atoms with Crippen LogP contribution in [0.25, 0.3) is 0 Å². The summed E-state index contributed by atoms with van der Waals surface area (Å²) in [7, 11) is 0. The zero-order valence-electron chi connectivity index (χ0n) is 18.5. The number of benzene rings is 1. The number of carboxylic acids is 1. The van der Waals surface area contributed by atoms with Gasteiger partial charge in [0, 0.05) is 19.0 Å². The summed E-state index contributed by atoms with van der Waals surface area (Å²) in [6.45, 7) is 7.64. The lowest BCUT2D eigenvalue weighted by atomic mass is 9.94. The molecule has 1 unspecified atom stereocenters. The molecule has 0 amide bonds. The van der Waals surface area contributed by atoms with Crippen LogP contribution in [0.4, 0.5) is 4.79 Å². The van der Waals surface area contributed by atoms with Gasteiger partial charge in [-0.1, -0.05) is 25.8 Å². The van der Waals surface area contributed by atoms with Gasteiger partial charge in [0.1, 0.15) is 11.4 Å². The van der Waals surface area contributed by atoms with E-state index in [-0.39, 0.29) is 13.2 Å². The van der Waals surface area contributed by atoms with E-state index >= 15 is 0 Å². The molecule has 0 aliphatic carbocycles. The van der Waals surface area contributed by atoms with Crippen LogP contribution < -0.4 is 9.47 Å². The summed E-state index contributed by atoms with van der Waals surface area (Å²) in [5, 5.41) is 9.85. The van der Waals surface area contributed by atoms with Crippen LogP contribution in [0, 0.1) is 0 Å². The minimum absolute atomic E-state index is 0.123. The maximum absolute atomic E-state index is 12.7. The zero-order valence-corrected chi connectivity index (χ0v) is 18.5. The van der Waals surface area contributed by atoms with Crippen molar-refractivity contribution in [3.63, 3.8) is 0 Å². The normalized spacial score (nSPS) is 13.8. The molecule has 0 spiro atoms. The standard InChI is InChI=1S/C23H30N2O6/c1-5-6-7-8-20-24-16(13-25(20)22(28)31-23(2,3)4)12-17(21(26)27)15-9-10-18-19(11-15)30-14-29-18/h9-11,13,17H,5-8,12,14H2,1-4H3,(H,26,27). The number of imidazole rings is 1. The minimum atomic E-state index is -0.974. The zero-order chi connectivity index (χ0) is 22.6. The summed E-state index contributed by atoms with van der Waals surface area (Å²) >= 11 is 0. The molecule has 0 bridgehead atoms. The van der Waals surface area contributed by atoms with Crippen molar-refractivity contribution in [2.75, 3.05) is 6.79 Å². The summed E-state index contributed by atoms with van der Waals surface area (Å²) in [6, 6.07) is 5.12. The monoisotopic (exact) mass is 430 g/mol. The molecule has 1 aromatic carbocycles. The number of hydrogen-bond donors (Lipinski definition) is 1. The molecular formula is C23H30N2O6. The van der Waals surface area contributed by atoms with Gasteiger partial charge in [-0.15, -0.1) is 0 Å². The molecule has 3 rings (SSSR count). The molecule has 31 heavy (non-hydrogen) atoms. The first-order chi connectivity index (χ1) is 14.7. The number of carboxylic acid groups (broad SMARTS) is 1. The number of hydrogen-bond acceptors (Lipinski definition) is 6. The average molecular weight is 431 g/mol. The summed E-state index contributed by atoms with van der Waals surface area (Å²) in [4.78, 5) is 29.3. The number of carbonyl (C=O) groups is 2. The molecule has 0 saturated heterocycles. The Morgan fingerprint density at radius 2 is 1.97 bits per heavy atom. The van der Waals surface area contributed by atoms with E-state index in [0.29, 0.717) is 35.0 Å². The lowest BCUT2D eigenvalue weighted by Gasteiger charge is -2.20. The fraction of sp³-hybridized carbons (Fsp3) is 0.522. The molecule has 168 valence electrons. The number of fused-ring (bicyclic) bond motifs is 1. The molecule has 2 heterocycles. The molecule has 2 aromatic rings. The van der Waals surface area contributed by atoms with Crippen LogP contribution in [-0.4, -0.2) is 39.1 Å². The van der Waals surface area contributed by atoms with Gasteiger partial charge in [-0.2, -0.15) is 0 Å². The third-order valence-corrected chi connectivity index (χ3v) is 4.93. The number of aromatic nitrogens is 2. The van der Waals surface area contributed by atoms with Crippen LogP contribution in [0.2, 0.25) is 0 Å². The number of aliphatic carboxylic acids is 1. The van der Waals surface area contributed by atoms with Gasteiger partial charge in [-0.3, -0.25) is 4.79 Å². The Hall–Kier alpha value is -3.03. The quantitative estimate of drug-likeness (QED) is 0.614. The molecule has 1 aliphatic heterocycles. The molecule has 8 nitrogen and oxygen atoms in total. The number of aryl methyl sites for hydroxylation is 1. The van der Waals surface area contributed by atoms with Crippen molar-refractivity contribution in [1.82, 2.24) is 9.55 Å². The lowest BCUT2D eigenvalue weighted by Crippen LogP contribution is -2.27. The number of nitrogens with zero attached hydrogens (tertiary/aromatic N) is 2. The fourth-order valence-electron chi connectivity index (χ4n) is 3.44. The Morgan fingerprint density at radius 1 is 1.23 bits per heavy atom. The summed E-state index contributed by atoms with van der Waals surface area (Å²) in [6.07, 6.45) is 4.81. The Kier molecular flexibility index (Phi) is 6.87. The molecule has 1 atom stereocenters. The smallest absolute Gasteiger partial charge is 0.419 e. The predicted octanol–water partition coefficient (Wildman–Crippen LogP) is 4.54. The molecule has 0 radical (unpaired) electrons. The summed E-state index contributed by atoms with van der Waals surface area (Å²) in [5.74, 6) is -0.0886. The van der Waals surface area contributed by atoms with E-state index in [1.165, 1.54) is 4.57 Å². The van der Waals surface area contributed by atoms with Crippen LogP contribution in [0.1, 0.15) is 70.0 Å². The van der Waals surface area contributed by atoms with Gasteiger partial charge in [0.2, 0.25) is 6.79 Å². The predicted molar refractivity (Wildman–Crippen MR) is 114 cm³/mol. The van der Waals surface area contributed by atoms with E-state index in [9.17, 15) is 14.7 Å². The fourth-order valence-corrected chi connectivity index (χ4v) is 3.44. The van der Waals surface area contributed by atoms with E-state index in [4.69, 9.17) is 14.2 Å². The van der Waals surface area contributed by atoms with Crippen LogP contribution in [0.5, 0.6) is 11.5 Å². The van der Waals surface area contributed by atoms with Gasteiger partial charge < -0.3 is 19.3 Å². The Balaban J connectivity index is 1.86. The third kappa shape index (κ3) is 5.77. The second kappa shape index (κ2) is 9.41. The number of unbranched alkanes of at least 4 members (excludes halogenated alkanes) is 2. The van der Waals surface area contributed by atoms with Crippen molar-refractivity contribution < 1.29 is 28.9 Å². The molecule has 0 saturated carbocycles. The van der Waals surface area contributed by atoms with E-state index in [0.717, 1.165) is 19.3 Å². The Bertz CT molecular complexity index is 944. The van der Waals surface area contributed by atoms with Crippen LogP contribution >= 0.6 is 0 Å². The summed E-state index contributed by atoms with van der Waals surface area (Å²) < 4.78 is 17.6. The van der Waals surface area contributed by atoms with Crippen molar-refractivity contribution in [3.05, 3.63) is 41.5 Å². The Labute approximate surface area is 182 Å². The van der Waals surface area contributed by atoms with Crippen molar-refractivity contribution in [3.8, 4) is 11.5 Å². The molecular weight excluding hydrogens is 400 g/mol. The molecule has 0 fully saturated rings. The van der Waals surface area contributed by atoms with Gasteiger partial charge in [0.15, 0.2) is 11.5 Å². The van der Waals surface area contributed by atoms with Crippen LogP contribution in [0.15, 0.2) is 24.4 Å². The highest BCUT2D eigenvalue weighted by atomic mass is 16.7. The molecule has 1 aliphatic rings. The van der Waals surface area contributed by atoms with Gasteiger partial charge >= 0.3 is 12.1 Å². The maximum atomic E-state index is 12.7. The highest BCUT2D eigenvalue weighted by Crippen LogP contribution is 2.35. The highest BCUT2D eigenvalue weighted by Gasteiger charge is 2.27. The molecule has 1 aromatic heterocycles. The second-order valence-corrected chi connectivity index (χ2v) is 8.66. The van der Waals surface area contributed by atoms with Crippen molar-refractivity contribution in [2.24, 2.45) is 0 Å². The van der Waals surface area contributed by atoms with Gasteiger partial charge in [-0.05, 0) is 44.9 Å². The van der Waals surface area contributed by atoms with E-state index in [1.807, 2.05) is 0 Å². The van der Waals surface area contributed by atoms with Gasteiger partial charge in [0.25, 0.3) is 0 Å². The van der Waals surface area contributed by atoms with Crippen LogP contribution in [-0.2, 0) is 22.4 Å². The summed E-state index contributed by atoms with van der Waals surface area (Å²) in [5.41, 5.74) is 0.483. The second-order valence-electron chi connectivity index (χ2n) is 8.66. The Morgan fingerprint density at radius 3 is 2.65 bits per heavy atom. The lowest BCUT2D eigenvalue weighted by molar-refractivity contribution is -0.138. The van der Waals surface area contributed by atoms with Gasteiger partial charge in [0.05, 0.1) is 11.6 Å². The third-order valence-electron chi connectivity index (χ3n) is 4.93. The number of carbonyl (C=O) groups excluding carboxylic acids is 1. The van der Waals surface area contributed by atoms with Crippen molar-refractivity contribution >= 4 is 12.1 Å². The SMILES string of the molecule is CCCCCc1nc(CC(C(=O)O)c2ccc3c(c2)OCO3)cn1C(=O)OC(C)(C)C. The minimum Gasteiger partial charge on any atom is -0.481 e. The number of ether oxygens (including phenoxy) is 3. The number of rotatable bonds is 8. The largest absolute Gasteiger partial charge is 0.481 e.